The highest BCUT2D eigenvalue weighted by molar-refractivity contribution is 5.69. The second kappa shape index (κ2) is 6.18. The van der Waals surface area contributed by atoms with Crippen molar-refractivity contribution < 1.29 is 9.53 Å². The maximum absolute atomic E-state index is 11.7. The maximum atomic E-state index is 11.7. The predicted molar refractivity (Wildman–Crippen MR) is 71.3 cm³/mol. The van der Waals surface area contributed by atoms with Crippen LogP contribution in [0.15, 0.2) is 18.7 Å². The maximum Gasteiger partial charge on any atom is 0.328 e. The Kier molecular flexibility index (Phi) is 4.34. The number of ether oxygens (including phenoxy) is 1. The average Bonchev–Trinajstić information content (AvgIpc) is 2.96. The van der Waals surface area contributed by atoms with Crippen LogP contribution in [-0.2, 0) is 29.2 Å². The highest BCUT2D eigenvalue weighted by Crippen LogP contribution is 2.03. The first-order chi connectivity index (χ1) is 9.54. The molecule has 20 heavy (non-hydrogen) atoms. The quantitative estimate of drug-likeness (QED) is 0.770. The van der Waals surface area contributed by atoms with Crippen LogP contribution < -0.4 is 5.73 Å². The van der Waals surface area contributed by atoms with E-state index in [0.717, 1.165) is 6.54 Å². The summed E-state index contributed by atoms with van der Waals surface area (Å²) in [6, 6.07) is 0. The number of carbonyl (C=O) groups is 1. The Morgan fingerprint density at radius 2 is 2.25 bits per heavy atom. The first-order valence-electron chi connectivity index (χ1n) is 6.35. The van der Waals surface area contributed by atoms with E-state index in [9.17, 15) is 4.79 Å². The molecule has 2 rings (SSSR count). The van der Waals surface area contributed by atoms with Crippen molar-refractivity contribution >= 4 is 11.7 Å². The molecule has 0 aliphatic heterocycles. The lowest BCUT2D eigenvalue weighted by molar-refractivity contribution is -0.146. The number of nitrogens with two attached hydrogens (primary N) is 1. The Hall–Kier alpha value is -2.38. The van der Waals surface area contributed by atoms with Crippen molar-refractivity contribution in [1.82, 2.24) is 24.5 Å². The van der Waals surface area contributed by atoms with Crippen molar-refractivity contribution in [2.45, 2.75) is 33.5 Å². The molecule has 0 aliphatic carbocycles. The molecule has 2 aromatic rings. The van der Waals surface area contributed by atoms with Crippen molar-refractivity contribution in [1.29, 1.82) is 0 Å². The molecule has 0 aromatic carbocycles. The van der Waals surface area contributed by atoms with Gasteiger partial charge in [-0.3, -0.25) is 9.48 Å². The Morgan fingerprint density at radius 1 is 1.45 bits per heavy atom. The van der Waals surface area contributed by atoms with Gasteiger partial charge in [-0.15, -0.1) is 0 Å². The van der Waals surface area contributed by atoms with Gasteiger partial charge in [-0.05, 0) is 5.92 Å². The first-order valence-corrected chi connectivity index (χ1v) is 6.35. The number of carbonyl (C=O) groups excluding carboxylic acids is 1. The molecule has 0 radical (unpaired) electrons. The monoisotopic (exact) mass is 278 g/mol. The molecular weight excluding hydrogens is 260 g/mol. The van der Waals surface area contributed by atoms with Gasteiger partial charge in [-0.25, -0.2) is 9.67 Å². The zero-order valence-corrected chi connectivity index (χ0v) is 11.6. The lowest BCUT2D eigenvalue weighted by atomic mass is 10.2. The van der Waals surface area contributed by atoms with Crippen molar-refractivity contribution in [3.63, 3.8) is 0 Å². The van der Waals surface area contributed by atoms with Crippen molar-refractivity contribution in [2.24, 2.45) is 5.92 Å². The number of hydrogen-bond acceptors (Lipinski definition) is 6. The molecule has 108 valence electrons. The van der Waals surface area contributed by atoms with E-state index < -0.39 is 5.97 Å². The highest BCUT2D eigenvalue weighted by atomic mass is 16.5. The molecule has 0 unspecified atom stereocenters. The third-order valence-corrected chi connectivity index (χ3v) is 2.54. The number of nitrogens with zero attached hydrogens (tertiary/aromatic N) is 5. The zero-order chi connectivity index (χ0) is 14.5. The molecule has 0 fully saturated rings. The van der Waals surface area contributed by atoms with E-state index in [-0.39, 0.29) is 13.2 Å². The van der Waals surface area contributed by atoms with Crippen LogP contribution in [-0.4, -0.2) is 30.5 Å². The van der Waals surface area contributed by atoms with Gasteiger partial charge in [0.25, 0.3) is 0 Å². The summed E-state index contributed by atoms with van der Waals surface area (Å²) >= 11 is 0. The Labute approximate surface area is 116 Å². The summed E-state index contributed by atoms with van der Waals surface area (Å²) in [6.45, 7) is 5.03. The van der Waals surface area contributed by atoms with Crippen LogP contribution in [0.3, 0.4) is 0 Å². The van der Waals surface area contributed by atoms with Gasteiger partial charge in [0.05, 0.1) is 11.9 Å². The molecule has 8 nitrogen and oxygen atoms in total. The van der Waals surface area contributed by atoms with Crippen LogP contribution in [0, 0.1) is 5.92 Å². The van der Waals surface area contributed by atoms with E-state index in [1.54, 1.807) is 10.9 Å². The summed E-state index contributed by atoms with van der Waals surface area (Å²) in [5.41, 5.74) is 6.02. The molecule has 0 aliphatic rings. The van der Waals surface area contributed by atoms with Crippen molar-refractivity contribution in [3.05, 3.63) is 24.5 Å². The summed E-state index contributed by atoms with van der Waals surface area (Å²) in [5.74, 6) is 0.678. The minimum atomic E-state index is -0.396. The van der Waals surface area contributed by atoms with Gasteiger partial charge in [0.2, 0.25) is 0 Å². The molecule has 0 atom stereocenters. The lowest BCUT2D eigenvalue weighted by Crippen LogP contribution is -2.16. The van der Waals surface area contributed by atoms with Crippen molar-refractivity contribution in [2.75, 3.05) is 5.73 Å². The molecule has 2 aromatic heterocycles. The van der Waals surface area contributed by atoms with Gasteiger partial charge in [0.15, 0.2) is 12.4 Å². The van der Waals surface area contributed by atoms with E-state index in [1.807, 2.05) is 0 Å². The molecular formula is C12H18N6O2. The molecule has 0 spiro atoms. The zero-order valence-electron chi connectivity index (χ0n) is 11.6. The Bertz CT molecular complexity index is 574. The number of anilines is 1. The normalized spacial score (nSPS) is 10.9. The van der Waals surface area contributed by atoms with Crippen molar-refractivity contribution in [3.8, 4) is 0 Å². The number of esters is 1. The standard InChI is InChI=1S/C12H18N6O2/c1-9(2)4-18-11(14-8-16-18)7-20-12(19)6-17-5-10(13)3-15-17/h3,5,8-9H,4,6-7,13H2,1-2H3. The van der Waals surface area contributed by atoms with Crippen LogP contribution in [0.5, 0.6) is 0 Å². The average molecular weight is 278 g/mol. The van der Waals surface area contributed by atoms with Gasteiger partial charge >= 0.3 is 5.97 Å². The smallest absolute Gasteiger partial charge is 0.328 e. The summed E-state index contributed by atoms with van der Waals surface area (Å²) in [7, 11) is 0. The number of nitrogen functional groups attached to an aromatic ring is 1. The van der Waals surface area contributed by atoms with Crippen LogP contribution in [0.1, 0.15) is 19.7 Å². The van der Waals surface area contributed by atoms with E-state index in [4.69, 9.17) is 10.5 Å². The minimum Gasteiger partial charge on any atom is -0.456 e. The second-order valence-electron chi connectivity index (χ2n) is 4.88. The largest absolute Gasteiger partial charge is 0.456 e. The number of aromatic nitrogens is 5. The molecule has 0 saturated heterocycles. The first kappa shape index (κ1) is 14.0. The molecule has 0 bridgehead atoms. The van der Waals surface area contributed by atoms with Crippen LogP contribution in [0.2, 0.25) is 0 Å². The van der Waals surface area contributed by atoms with Crippen LogP contribution in [0.4, 0.5) is 5.69 Å². The Balaban J connectivity index is 1.85. The lowest BCUT2D eigenvalue weighted by Gasteiger charge is -2.09. The molecule has 8 heteroatoms. The van der Waals surface area contributed by atoms with Gasteiger partial charge < -0.3 is 10.5 Å². The molecule has 2 N–H and O–H groups in total. The summed E-state index contributed by atoms with van der Waals surface area (Å²) in [4.78, 5) is 15.8. The minimum absolute atomic E-state index is 0.0233. The van der Waals surface area contributed by atoms with Gasteiger partial charge in [-0.1, -0.05) is 13.8 Å². The molecule has 0 saturated carbocycles. The van der Waals surface area contributed by atoms with Gasteiger partial charge in [-0.2, -0.15) is 10.2 Å². The van der Waals surface area contributed by atoms with Gasteiger partial charge in [0.1, 0.15) is 12.9 Å². The number of hydrogen-bond donors (Lipinski definition) is 1. The summed E-state index contributed by atoms with van der Waals surface area (Å²) < 4.78 is 8.32. The topological polar surface area (TPSA) is 101 Å². The molecule has 0 amide bonds. The third-order valence-electron chi connectivity index (χ3n) is 2.54. The van der Waals surface area contributed by atoms with Crippen LogP contribution >= 0.6 is 0 Å². The van der Waals surface area contributed by atoms with E-state index in [2.05, 4.69) is 29.0 Å². The van der Waals surface area contributed by atoms with E-state index in [1.165, 1.54) is 17.2 Å². The number of rotatable bonds is 6. The van der Waals surface area contributed by atoms with Crippen LogP contribution in [0.25, 0.3) is 0 Å². The van der Waals surface area contributed by atoms with E-state index >= 15 is 0 Å². The Morgan fingerprint density at radius 3 is 2.90 bits per heavy atom. The summed E-state index contributed by atoms with van der Waals surface area (Å²) in [5, 5.41) is 8.02. The third kappa shape index (κ3) is 3.81. The summed E-state index contributed by atoms with van der Waals surface area (Å²) in [6.07, 6.45) is 4.51. The highest BCUT2D eigenvalue weighted by Gasteiger charge is 2.10. The fourth-order valence-corrected chi connectivity index (χ4v) is 1.69. The predicted octanol–water partition coefficient (Wildman–Crippen LogP) is 0.456. The van der Waals surface area contributed by atoms with Gasteiger partial charge in [0, 0.05) is 12.7 Å². The molecule has 2 heterocycles. The fraction of sp³-hybridized carbons (Fsp3) is 0.500. The second-order valence-corrected chi connectivity index (χ2v) is 4.88. The SMILES string of the molecule is CC(C)Cn1ncnc1COC(=O)Cn1cc(N)cn1. The fourth-order valence-electron chi connectivity index (χ4n) is 1.69. The van der Waals surface area contributed by atoms with E-state index in [0.29, 0.717) is 17.4 Å².